The van der Waals surface area contributed by atoms with E-state index in [0.29, 0.717) is 17.6 Å². The molecule has 0 aromatic carbocycles. The Morgan fingerprint density at radius 1 is 0.363 bits per heavy atom. The van der Waals surface area contributed by atoms with E-state index in [4.69, 9.17) is 203 Å². The number of hydrogen-bond donors (Lipinski definition) is 8. The van der Waals surface area contributed by atoms with Crippen molar-refractivity contribution in [2.45, 2.75) is 215 Å². The predicted octanol–water partition coefficient (Wildman–Crippen LogP) is -2.70. The van der Waals surface area contributed by atoms with Crippen molar-refractivity contribution in [2.75, 3.05) is 69.7 Å². The molecule has 0 saturated carbocycles. The first-order valence-electron chi connectivity index (χ1n) is 43.7. The summed E-state index contributed by atoms with van der Waals surface area (Å²) in [6.45, 7) is -31.4. The van der Waals surface area contributed by atoms with Crippen LogP contribution in [0.5, 0.6) is 0 Å². The van der Waals surface area contributed by atoms with Gasteiger partial charge in [-0.3, -0.25) is 75.6 Å². The second kappa shape index (κ2) is 44.2. The van der Waals surface area contributed by atoms with Crippen LogP contribution in [0.3, 0.4) is 0 Å². The molecular weight excluding hydrogens is 2220 g/mol. The zero-order chi connectivity index (χ0) is 105. The Morgan fingerprint density at radius 3 is 0.993 bits per heavy atom. The highest BCUT2D eigenvalue weighted by molar-refractivity contribution is 8.32. The van der Waals surface area contributed by atoms with E-state index in [0.717, 1.165) is 44.1 Å². The number of aromatic nitrogens is 20. The normalized spacial score (nSPS) is 29.5. The number of fused-ring (bicyclic) bond motifs is 3. The molecule has 14 unspecified atom stereocenters. The fourth-order valence-electron chi connectivity index (χ4n) is 17.0. The standard InChI is InChI=1S/C72H95N24O36P7S7/c1-7-34-35(8-52(119-34)94-27-81-55-59(74)77-25-79-61(55)94)127-134(106,141)113-20-44-38(10-49(121-44)91-16-31(3)64(97)87-70(91)102)130-137(109,144)116-22-45-40(12-51(122-45)93-18-33(5)66(99)89-72(93)104)131-136(108,143)115-21-43-37(9-48(120-43)90-15-30(2)58(73)84-69(90)101)128-138(110,145)118-24-47-41(14-53(124-47)95-28-82-56-60(75)78-26-80-62(56)95)132-139(111,146)117-23-46-39(11-50(123-46)92-17-32(4)65(98)88-71(92)103)129-135(107,142)114-19-42-36(126-133(105,140)112-6)13-54(125-42)96-29-83-57-63(96)85-68(76)86-67(57)100/h15-18,25-29,34-54H,7-14,19-24H2,1-6H3,(H,105,140)(H,106,141)(H,107,142)(H,108,143)(H,109,144)(H,110,145)(H,111,146)(H2,73,84,101)(H2,74,77,79)(H2,75,78,80)(H,87,97,102)(H,88,98,103)(H,89,99,104)(H3,76,85,86,100)/p-7/t34-,35?,36?,37?,38?,39?,40?,41?,42-,43-,44-,45-,46-,47-,48-,49-,50-,51-,52-,53-,54-,133?,134?,135?,136?,137?,138?,139?/m1/s1. The first-order valence-corrected chi connectivity index (χ1v) is 61.6. The van der Waals surface area contributed by atoms with Crippen molar-refractivity contribution in [1.82, 2.24) is 96.8 Å². The van der Waals surface area contributed by atoms with Gasteiger partial charge in [-0.2, -0.15) is 9.97 Å². The minimum absolute atomic E-state index is 0.0128. The Balaban J connectivity index is 0.578. The van der Waals surface area contributed by atoms with Gasteiger partial charge in [0.05, 0.1) is 107 Å². The average Bonchev–Trinajstić information content (AvgIpc) is 1.63. The number of nitrogens with zero attached hydrogens (tertiary/aromatic N) is 16. The van der Waals surface area contributed by atoms with Crippen molar-refractivity contribution in [3.05, 3.63) is 162 Å². The van der Waals surface area contributed by atoms with Crippen LogP contribution in [0, 0.1) is 27.7 Å². The van der Waals surface area contributed by atoms with E-state index in [1.165, 1.54) is 74.5 Å². The number of aryl methyl sites for hydroxylation is 4. The molecule has 0 spiro atoms. The molecule has 0 bridgehead atoms. The monoisotopic (exact) mass is 2310 g/mol. The fraction of sp³-hybridized carbons (Fsp3) is 0.569. The minimum atomic E-state index is -5.05. The van der Waals surface area contributed by atoms with Gasteiger partial charge < -0.3 is 161 Å². The highest BCUT2D eigenvalue weighted by Gasteiger charge is 2.50. The Hall–Kier alpha value is -7.03. The molecule has 0 aliphatic carbocycles. The number of ether oxygens (including phenoxy) is 7. The van der Waals surface area contributed by atoms with Crippen molar-refractivity contribution in [2.24, 2.45) is 0 Å². The smallest absolute Gasteiger partial charge is 0.351 e. The molecule has 60 nitrogen and oxygen atoms in total. The van der Waals surface area contributed by atoms with Gasteiger partial charge >= 0.3 is 22.8 Å². The number of H-pyrrole nitrogens is 4. The summed E-state index contributed by atoms with van der Waals surface area (Å²) in [5, 5.41) is 0. The van der Waals surface area contributed by atoms with Crippen molar-refractivity contribution in [1.29, 1.82) is 0 Å². The molecule has 74 heteroatoms. The van der Waals surface area contributed by atoms with Crippen LogP contribution in [0.4, 0.5) is 23.4 Å². The van der Waals surface area contributed by atoms with Crippen molar-refractivity contribution < 1.29 is 130 Å². The SMILES string of the molecule is CC[C@H]1O[C@@H](n2cnc3c(N)ncnc32)CC1OP([O-])(=S)OC[C@H]1O[C@@H](n2cc(C)c(=O)[nH]c2=O)CC1OP([O-])(=S)OC[C@H]1O[C@@H](n2cc(C)c(=O)[nH]c2=O)CC1OP(=O)([S-])OC[C@H]1O[C@@H](n2cc(C)c(N)nc2=O)CC1OP([O-])(=S)OC[C@H]1O[C@@H](n2cnc3c(N)ncnc32)CC1OP([O-])(=S)OC[C@H]1O[C@@H](n2cc(C)c(=O)[nH]c2=O)CC1OP([O-])(=S)OC[C@H]1O[C@@H](n2cnc3c(=O)[nH]c(N)nc32)CC1OP([O-])(=S)OC. The number of imidazole rings is 3. The lowest BCUT2D eigenvalue weighted by Crippen LogP contribution is -2.34. The predicted molar refractivity (Wildman–Crippen MR) is 515 cm³/mol. The lowest BCUT2D eigenvalue weighted by atomic mass is 10.1. The molecule has 17 heterocycles. The number of nitrogen functional groups attached to an aromatic ring is 4. The summed E-state index contributed by atoms with van der Waals surface area (Å²) in [5.74, 6) is -0.370. The van der Waals surface area contributed by atoms with E-state index in [-0.39, 0.29) is 93.7 Å². The number of anilines is 4. The molecule has 7 aliphatic heterocycles. The minimum Gasteiger partial charge on any atom is -0.780 e. The number of rotatable bonds is 41. The largest absolute Gasteiger partial charge is 0.780 e. The number of nitrogens with two attached hydrogens (primary N) is 4. The second-order valence-corrected chi connectivity index (χ2v) is 53.0. The van der Waals surface area contributed by atoms with Gasteiger partial charge in [0.25, 0.3) is 22.2 Å². The van der Waals surface area contributed by atoms with Gasteiger partial charge in [0, 0.05) is 99.1 Å². The number of nitrogens with one attached hydrogen (secondary N) is 4. The average molecular weight is 2310 g/mol. The molecule has 7 saturated heterocycles. The number of hydrogen-bond acceptors (Lipinski definition) is 56. The van der Waals surface area contributed by atoms with Gasteiger partial charge in [0.2, 0.25) is 5.95 Å². The molecule has 0 amide bonds. The maximum Gasteiger partial charge on any atom is 0.351 e. The summed E-state index contributed by atoms with van der Waals surface area (Å²) in [6.07, 6.45) is -19.3. The Kier molecular flexibility index (Phi) is 33.4. The summed E-state index contributed by atoms with van der Waals surface area (Å²) in [4.78, 5) is 237. The van der Waals surface area contributed by atoms with Crippen LogP contribution in [0.2, 0.25) is 0 Å². The van der Waals surface area contributed by atoms with Crippen LogP contribution in [0.25, 0.3) is 33.5 Å². The summed E-state index contributed by atoms with van der Waals surface area (Å²) in [6, 6.07) is 0. The van der Waals surface area contributed by atoms with Crippen LogP contribution in [-0.2, 0) is 184 Å². The summed E-state index contributed by atoms with van der Waals surface area (Å²) < 4.78 is 149. The zero-order valence-corrected chi connectivity index (χ0v) is 88.3. The third-order valence-corrected chi connectivity index (χ3v) is 35.2. The lowest BCUT2D eigenvalue weighted by Gasteiger charge is -2.36. The van der Waals surface area contributed by atoms with E-state index in [9.17, 15) is 67.4 Å². The molecule has 7 fully saturated rings. The van der Waals surface area contributed by atoms with Crippen molar-refractivity contribution >= 4 is 187 Å². The molecule has 17 rings (SSSR count). The van der Waals surface area contributed by atoms with E-state index < -0.39 is 280 Å². The Bertz CT molecular complexity index is 7530. The molecular formula is C72H88N24O36P7S7-7. The van der Waals surface area contributed by atoms with Crippen LogP contribution in [0.15, 0.2) is 94.8 Å². The first kappa shape index (κ1) is 110. The first-order chi connectivity index (χ1) is 68.8. The van der Waals surface area contributed by atoms with Crippen molar-refractivity contribution in [3.8, 4) is 0 Å². The molecule has 796 valence electrons. The van der Waals surface area contributed by atoms with Crippen LogP contribution in [-0.4, -0.2) is 229 Å². The van der Waals surface area contributed by atoms with Gasteiger partial charge in [0.15, 0.2) is 40.9 Å². The van der Waals surface area contributed by atoms with E-state index >= 15 is 4.89 Å². The third kappa shape index (κ3) is 25.4. The van der Waals surface area contributed by atoms with Gasteiger partial charge in [-0.25, -0.2) is 54.1 Å². The summed E-state index contributed by atoms with van der Waals surface area (Å²) in [5.41, 5.74) is 18.3. The van der Waals surface area contributed by atoms with Gasteiger partial charge in [0.1, 0.15) is 150 Å². The van der Waals surface area contributed by atoms with Gasteiger partial charge in [-0.1, -0.05) is 77.8 Å². The Labute approximate surface area is 855 Å². The lowest BCUT2D eigenvalue weighted by molar-refractivity contribution is -0.222. The number of aromatic amines is 4. The van der Waals surface area contributed by atoms with E-state index in [2.05, 4.69) is 64.8 Å². The molecule has 146 heavy (non-hydrogen) atoms. The Morgan fingerprint density at radius 2 is 0.651 bits per heavy atom. The summed E-state index contributed by atoms with van der Waals surface area (Å²) >= 11 is 38.0. The quantitative estimate of drug-likeness (QED) is 0.0143. The molecule has 0 radical (unpaired) electrons. The highest BCUT2D eigenvalue weighted by atomic mass is 32.7. The second-order valence-electron chi connectivity index (χ2n) is 33.9. The fourth-order valence-corrected chi connectivity index (χ4v) is 26.7. The maximum absolute atomic E-state index is 15.0. The van der Waals surface area contributed by atoms with E-state index in [1.807, 2.05) is 0 Å². The van der Waals surface area contributed by atoms with Gasteiger partial charge in [-0.15, -0.1) is 0 Å². The van der Waals surface area contributed by atoms with Crippen LogP contribution < -0.4 is 97.3 Å². The van der Waals surface area contributed by atoms with Crippen LogP contribution >= 0.6 is 47.1 Å². The van der Waals surface area contributed by atoms with Crippen LogP contribution in [0.1, 0.15) is 124 Å². The molecule has 10 aromatic heterocycles. The maximum atomic E-state index is 15.0. The van der Waals surface area contributed by atoms with E-state index in [1.54, 1.807) is 11.5 Å². The van der Waals surface area contributed by atoms with Crippen molar-refractivity contribution in [3.63, 3.8) is 0 Å². The van der Waals surface area contributed by atoms with Gasteiger partial charge in [-0.05, 0) is 34.1 Å². The zero-order valence-electron chi connectivity index (χ0n) is 76.4. The topological polar surface area (TPSA) is 804 Å². The third-order valence-electron chi connectivity index (χ3n) is 24.1. The molecule has 28 atom stereocenters. The summed E-state index contributed by atoms with van der Waals surface area (Å²) in [7, 11) is 1.03. The molecule has 12 N–H and O–H groups in total. The molecule has 10 aromatic rings. The molecule has 7 aliphatic rings. The highest BCUT2D eigenvalue weighted by Crippen LogP contribution is 2.57.